The average molecular weight is 300 g/mol. The van der Waals surface area contributed by atoms with E-state index in [1.165, 1.54) is 0 Å². The zero-order chi connectivity index (χ0) is 16.2. The monoisotopic (exact) mass is 300 g/mol. The normalized spacial score (nSPS) is 10.3. The number of carboxylic acids is 1. The molecule has 0 aliphatic heterocycles. The Hall–Kier alpha value is -3.13. The van der Waals surface area contributed by atoms with Gasteiger partial charge in [-0.25, -0.2) is 4.79 Å². The zero-order valence-corrected chi connectivity index (χ0v) is 12.6. The Morgan fingerprint density at radius 2 is 1.04 bits per heavy atom. The molecule has 0 fully saturated rings. The van der Waals surface area contributed by atoms with Crippen LogP contribution in [0.2, 0.25) is 0 Å². The van der Waals surface area contributed by atoms with Crippen LogP contribution in [0.15, 0.2) is 79.4 Å². The van der Waals surface area contributed by atoms with Gasteiger partial charge in [-0.2, -0.15) is 0 Å². The Morgan fingerprint density at radius 3 is 1.39 bits per heavy atom. The fourth-order valence-corrected chi connectivity index (χ4v) is 2.47. The van der Waals surface area contributed by atoms with E-state index in [2.05, 4.69) is 30.8 Å². The molecule has 0 bridgehead atoms. The van der Waals surface area contributed by atoms with E-state index in [0.717, 1.165) is 27.8 Å². The van der Waals surface area contributed by atoms with Crippen LogP contribution in [0.1, 0.15) is 15.9 Å². The molecular formula is C21H16O2. The van der Waals surface area contributed by atoms with Crippen LogP contribution in [-0.2, 0) is 0 Å². The van der Waals surface area contributed by atoms with Crippen molar-refractivity contribution in [1.29, 1.82) is 0 Å². The van der Waals surface area contributed by atoms with Gasteiger partial charge in [-0.05, 0) is 39.9 Å². The summed E-state index contributed by atoms with van der Waals surface area (Å²) in [5.41, 5.74) is 5.77. The number of carbonyl (C=O) groups is 1. The van der Waals surface area contributed by atoms with Crippen LogP contribution < -0.4 is 0 Å². The lowest BCUT2D eigenvalue weighted by atomic mass is 9.99. The topological polar surface area (TPSA) is 37.3 Å². The molecule has 0 spiro atoms. The number of rotatable bonds is 4. The Morgan fingerprint density at radius 1 is 0.696 bits per heavy atom. The van der Waals surface area contributed by atoms with E-state index in [4.69, 9.17) is 5.11 Å². The van der Waals surface area contributed by atoms with Crippen molar-refractivity contribution in [2.24, 2.45) is 0 Å². The fraction of sp³-hybridized carbons (Fsp3) is 0. The van der Waals surface area contributed by atoms with Crippen molar-refractivity contribution in [2.75, 3.05) is 0 Å². The number of benzene rings is 3. The van der Waals surface area contributed by atoms with Crippen molar-refractivity contribution in [3.05, 3.63) is 90.5 Å². The lowest BCUT2D eigenvalue weighted by molar-refractivity contribution is 0.0697. The van der Waals surface area contributed by atoms with Crippen molar-refractivity contribution in [2.45, 2.75) is 0 Å². The second-order valence-electron chi connectivity index (χ2n) is 5.29. The van der Waals surface area contributed by atoms with Crippen LogP contribution in [0.4, 0.5) is 0 Å². The van der Waals surface area contributed by atoms with Gasteiger partial charge in [0.05, 0.1) is 5.56 Å². The lowest BCUT2D eigenvalue weighted by Crippen LogP contribution is -1.94. The molecule has 0 aliphatic carbocycles. The number of hydrogen-bond donors (Lipinski definition) is 1. The maximum Gasteiger partial charge on any atom is 0.335 e. The highest BCUT2D eigenvalue weighted by Crippen LogP contribution is 2.25. The van der Waals surface area contributed by atoms with Gasteiger partial charge in [0.1, 0.15) is 0 Å². The van der Waals surface area contributed by atoms with Gasteiger partial charge in [-0.15, -0.1) is 0 Å². The minimum Gasteiger partial charge on any atom is -0.478 e. The molecule has 0 unspecified atom stereocenters. The summed E-state index contributed by atoms with van der Waals surface area (Å²) in [6, 6.07) is 23.4. The van der Waals surface area contributed by atoms with Gasteiger partial charge in [0.15, 0.2) is 0 Å². The molecule has 3 rings (SSSR count). The highest BCUT2D eigenvalue weighted by molar-refractivity contribution is 5.88. The number of hydrogen-bond acceptors (Lipinski definition) is 1. The minimum absolute atomic E-state index is 0.299. The molecule has 2 heteroatoms. The molecule has 3 aromatic carbocycles. The molecule has 0 amide bonds. The largest absolute Gasteiger partial charge is 0.478 e. The van der Waals surface area contributed by atoms with Crippen molar-refractivity contribution in [1.82, 2.24) is 0 Å². The van der Waals surface area contributed by atoms with E-state index in [1.807, 2.05) is 42.5 Å². The van der Waals surface area contributed by atoms with Crippen molar-refractivity contribution >= 4 is 12.0 Å². The summed E-state index contributed by atoms with van der Waals surface area (Å²) in [5, 5.41) is 8.94. The molecule has 2 nitrogen and oxygen atoms in total. The second kappa shape index (κ2) is 6.32. The van der Waals surface area contributed by atoms with E-state index in [0.29, 0.717) is 5.56 Å². The van der Waals surface area contributed by atoms with E-state index in [9.17, 15) is 4.79 Å². The van der Waals surface area contributed by atoms with Gasteiger partial charge < -0.3 is 5.11 Å². The summed E-state index contributed by atoms with van der Waals surface area (Å²) in [4.78, 5) is 10.9. The maximum atomic E-state index is 10.9. The van der Waals surface area contributed by atoms with Crippen molar-refractivity contribution in [3.63, 3.8) is 0 Å². The van der Waals surface area contributed by atoms with Gasteiger partial charge >= 0.3 is 5.97 Å². The summed E-state index contributed by atoms with van der Waals surface area (Å²) in [5.74, 6) is -0.908. The van der Waals surface area contributed by atoms with E-state index in [-0.39, 0.29) is 0 Å². The first-order chi connectivity index (χ1) is 11.2. The molecular weight excluding hydrogens is 284 g/mol. The number of carboxylic acid groups (broad SMARTS) is 1. The summed E-state index contributed by atoms with van der Waals surface area (Å²) in [6.45, 7) is 3.76. The Balaban J connectivity index is 1.86. The Kier molecular flexibility index (Phi) is 4.07. The third-order valence-corrected chi connectivity index (χ3v) is 3.83. The average Bonchev–Trinajstić information content (AvgIpc) is 2.62. The molecule has 112 valence electrons. The second-order valence-corrected chi connectivity index (χ2v) is 5.29. The maximum absolute atomic E-state index is 10.9. The molecule has 23 heavy (non-hydrogen) atoms. The summed E-state index contributed by atoms with van der Waals surface area (Å²) in [7, 11) is 0. The van der Waals surface area contributed by atoms with Crippen LogP contribution in [0, 0.1) is 0 Å². The van der Waals surface area contributed by atoms with Crippen LogP contribution in [0.5, 0.6) is 0 Å². The number of aromatic carboxylic acids is 1. The molecule has 0 aliphatic rings. The molecule has 0 saturated heterocycles. The van der Waals surface area contributed by atoms with Gasteiger partial charge in [-0.3, -0.25) is 0 Å². The molecule has 0 atom stereocenters. The smallest absolute Gasteiger partial charge is 0.335 e. The SMILES string of the molecule is C=Cc1ccc(-c2ccc(-c3ccc(C(=O)O)cc3)cc2)cc1. The third-order valence-electron chi connectivity index (χ3n) is 3.83. The van der Waals surface area contributed by atoms with E-state index >= 15 is 0 Å². The molecule has 0 saturated carbocycles. The Labute approximate surface area is 135 Å². The standard InChI is InChI=1S/C21H16O2/c1-2-15-3-5-16(6-4-15)17-7-9-18(10-8-17)19-11-13-20(14-12-19)21(22)23/h2-14H,1H2,(H,22,23). The Bertz CT molecular complexity index is 827. The van der Waals surface area contributed by atoms with Gasteiger partial charge in [0.25, 0.3) is 0 Å². The quantitative estimate of drug-likeness (QED) is 0.704. The van der Waals surface area contributed by atoms with Crippen molar-refractivity contribution in [3.8, 4) is 22.3 Å². The van der Waals surface area contributed by atoms with E-state index in [1.54, 1.807) is 12.1 Å². The van der Waals surface area contributed by atoms with Crippen LogP contribution in [-0.4, -0.2) is 11.1 Å². The van der Waals surface area contributed by atoms with Gasteiger partial charge in [-0.1, -0.05) is 73.3 Å². The molecule has 0 heterocycles. The molecule has 0 aromatic heterocycles. The highest BCUT2D eigenvalue weighted by atomic mass is 16.4. The fourth-order valence-electron chi connectivity index (χ4n) is 2.47. The predicted octanol–water partition coefficient (Wildman–Crippen LogP) is 5.36. The first kappa shape index (κ1) is 14.8. The first-order valence-corrected chi connectivity index (χ1v) is 7.34. The molecule has 1 N–H and O–H groups in total. The van der Waals surface area contributed by atoms with E-state index < -0.39 is 5.97 Å². The lowest BCUT2D eigenvalue weighted by Gasteiger charge is -2.06. The highest BCUT2D eigenvalue weighted by Gasteiger charge is 2.04. The van der Waals surface area contributed by atoms with Gasteiger partial charge in [0, 0.05) is 0 Å². The third kappa shape index (κ3) is 3.22. The summed E-state index contributed by atoms with van der Waals surface area (Å²) >= 11 is 0. The predicted molar refractivity (Wildman–Crippen MR) is 94.4 cm³/mol. The summed E-state index contributed by atoms with van der Waals surface area (Å²) in [6.07, 6.45) is 1.83. The zero-order valence-electron chi connectivity index (χ0n) is 12.6. The van der Waals surface area contributed by atoms with Crippen LogP contribution in [0.25, 0.3) is 28.3 Å². The molecule has 3 aromatic rings. The van der Waals surface area contributed by atoms with Crippen LogP contribution in [0.3, 0.4) is 0 Å². The van der Waals surface area contributed by atoms with Crippen LogP contribution >= 0.6 is 0 Å². The minimum atomic E-state index is -0.908. The van der Waals surface area contributed by atoms with Crippen molar-refractivity contribution < 1.29 is 9.90 Å². The molecule has 0 radical (unpaired) electrons. The first-order valence-electron chi connectivity index (χ1n) is 7.34. The van der Waals surface area contributed by atoms with Gasteiger partial charge in [0.2, 0.25) is 0 Å². The summed E-state index contributed by atoms with van der Waals surface area (Å²) < 4.78 is 0.